The van der Waals surface area contributed by atoms with Gasteiger partial charge in [0.05, 0.1) is 12.3 Å². The van der Waals surface area contributed by atoms with Gasteiger partial charge in [0, 0.05) is 26.0 Å². The minimum Gasteiger partial charge on any atom is -0.387 e. The third-order valence-electron chi connectivity index (χ3n) is 4.54. The van der Waals surface area contributed by atoms with E-state index < -0.39 is 16.2 Å². The molecule has 1 amide bonds. The summed E-state index contributed by atoms with van der Waals surface area (Å²) >= 11 is 0. The van der Waals surface area contributed by atoms with E-state index in [0.717, 1.165) is 18.2 Å². The summed E-state index contributed by atoms with van der Waals surface area (Å²) in [5.74, 6) is 0.500. The maximum absolute atomic E-state index is 12.0. The number of ether oxygens (including phenoxy) is 1. The summed E-state index contributed by atoms with van der Waals surface area (Å²) in [6.45, 7) is 2.60. The molecule has 0 aromatic rings. The monoisotopic (exact) mass is 313 g/mol. The van der Waals surface area contributed by atoms with E-state index in [2.05, 4.69) is 0 Å². The van der Waals surface area contributed by atoms with Crippen LogP contribution in [0.1, 0.15) is 19.8 Å². The molecular weight excluding hydrogens is 294 g/mol. The Hall–Kier alpha value is -1.34. The van der Waals surface area contributed by atoms with Crippen LogP contribution in [0.3, 0.4) is 0 Å². The van der Waals surface area contributed by atoms with E-state index in [1.54, 1.807) is 0 Å². The van der Waals surface area contributed by atoms with Crippen LogP contribution < -0.4 is 0 Å². The second-order valence-electron chi connectivity index (χ2n) is 5.78. The van der Waals surface area contributed by atoms with Crippen molar-refractivity contribution in [2.24, 2.45) is 5.92 Å². The highest BCUT2D eigenvalue weighted by atomic mass is 32.2. The highest BCUT2D eigenvalue weighted by molar-refractivity contribution is 7.86. The van der Waals surface area contributed by atoms with Crippen molar-refractivity contribution in [2.45, 2.75) is 31.9 Å². The third kappa shape index (κ3) is 2.28. The van der Waals surface area contributed by atoms with Crippen LogP contribution in [0, 0.1) is 5.92 Å². The Labute approximate surface area is 124 Å². The van der Waals surface area contributed by atoms with Gasteiger partial charge >= 0.3 is 10.1 Å². The molecule has 2 fully saturated rings. The average Bonchev–Trinajstić information content (AvgIpc) is 2.40. The van der Waals surface area contributed by atoms with Crippen molar-refractivity contribution < 1.29 is 22.1 Å². The van der Waals surface area contributed by atoms with E-state index in [-0.39, 0.29) is 17.9 Å². The lowest BCUT2D eigenvalue weighted by Crippen LogP contribution is -2.70. The Morgan fingerprint density at radius 3 is 2.71 bits per heavy atom. The van der Waals surface area contributed by atoms with Crippen LogP contribution in [-0.2, 0) is 23.8 Å². The lowest BCUT2D eigenvalue weighted by Gasteiger charge is -2.54. The fraction of sp³-hybridized carbons (Fsp3) is 0.643. The van der Waals surface area contributed by atoms with Crippen molar-refractivity contribution in [1.29, 1.82) is 0 Å². The number of fused-ring (bicyclic) bond motifs is 3. The summed E-state index contributed by atoms with van der Waals surface area (Å²) < 4.78 is 33.1. The van der Waals surface area contributed by atoms with Gasteiger partial charge in [0.1, 0.15) is 5.76 Å². The zero-order valence-electron chi connectivity index (χ0n) is 12.3. The van der Waals surface area contributed by atoms with Crippen LogP contribution in [0.5, 0.6) is 0 Å². The zero-order valence-corrected chi connectivity index (χ0v) is 13.1. The Kier molecular flexibility index (Phi) is 3.37. The molecule has 2 heterocycles. The summed E-state index contributed by atoms with van der Waals surface area (Å²) in [7, 11) is -2.00. The van der Waals surface area contributed by atoms with E-state index in [0.29, 0.717) is 18.7 Å². The van der Waals surface area contributed by atoms with Crippen molar-refractivity contribution in [3.8, 4) is 0 Å². The number of amides is 1. The smallest absolute Gasteiger partial charge is 0.305 e. The Morgan fingerprint density at radius 2 is 2.10 bits per heavy atom. The SMILES string of the molecule is CO[C@H]1C(=O)N2CCC3=CCC(OS(C)(=O)=O)=C(C)[C@@H]3[C@@H]12. The van der Waals surface area contributed by atoms with Gasteiger partial charge < -0.3 is 13.8 Å². The Bertz CT molecular complexity index is 640. The molecule has 0 N–H and O–H groups in total. The molecule has 0 aromatic carbocycles. The Balaban J connectivity index is 1.94. The quantitative estimate of drug-likeness (QED) is 0.438. The number of β-lactam (4-membered cyclic amide) rings is 1. The molecule has 21 heavy (non-hydrogen) atoms. The fourth-order valence-corrected chi connectivity index (χ4v) is 4.19. The summed E-state index contributed by atoms with van der Waals surface area (Å²) in [5, 5.41) is 0. The number of methoxy groups -OCH3 is 1. The van der Waals surface area contributed by atoms with E-state index in [1.165, 1.54) is 12.7 Å². The summed E-state index contributed by atoms with van der Waals surface area (Å²) in [4.78, 5) is 13.8. The summed E-state index contributed by atoms with van der Waals surface area (Å²) in [5.41, 5.74) is 2.14. The molecule has 0 saturated carbocycles. The zero-order chi connectivity index (χ0) is 15.4. The topological polar surface area (TPSA) is 72.9 Å². The van der Waals surface area contributed by atoms with Crippen molar-refractivity contribution in [3.05, 3.63) is 23.0 Å². The summed E-state index contributed by atoms with van der Waals surface area (Å²) in [6, 6.07) is -0.0408. The van der Waals surface area contributed by atoms with Crippen molar-refractivity contribution in [1.82, 2.24) is 4.90 Å². The number of nitrogens with zero attached hydrogens (tertiary/aromatic N) is 1. The molecule has 0 bridgehead atoms. The molecule has 1 aliphatic carbocycles. The predicted molar refractivity (Wildman–Crippen MR) is 75.7 cm³/mol. The molecular formula is C14H19NO5S. The van der Waals surface area contributed by atoms with Gasteiger partial charge in [0.25, 0.3) is 5.91 Å². The molecule has 3 rings (SSSR count). The second kappa shape index (κ2) is 4.84. The molecule has 0 spiro atoms. The van der Waals surface area contributed by atoms with E-state index >= 15 is 0 Å². The molecule has 0 aromatic heterocycles. The predicted octanol–water partition coefficient (Wildman–Crippen LogP) is 0.812. The maximum atomic E-state index is 12.0. The van der Waals surface area contributed by atoms with Gasteiger partial charge in [-0.1, -0.05) is 11.6 Å². The van der Waals surface area contributed by atoms with Gasteiger partial charge in [-0.3, -0.25) is 4.79 Å². The van der Waals surface area contributed by atoms with E-state index in [4.69, 9.17) is 8.92 Å². The number of carbonyl (C=O) groups excluding carboxylic acids is 1. The molecule has 2 saturated heterocycles. The highest BCUT2D eigenvalue weighted by Gasteiger charge is 2.55. The van der Waals surface area contributed by atoms with Crippen molar-refractivity contribution in [2.75, 3.05) is 19.9 Å². The molecule has 0 radical (unpaired) electrons. The lowest BCUT2D eigenvalue weighted by atomic mass is 9.70. The van der Waals surface area contributed by atoms with Gasteiger partial charge in [-0.2, -0.15) is 8.42 Å². The maximum Gasteiger partial charge on any atom is 0.305 e. The van der Waals surface area contributed by atoms with Crippen molar-refractivity contribution in [3.63, 3.8) is 0 Å². The average molecular weight is 313 g/mol. The van der Waals surface area contributed by atoms with E-state index in [1.807, 2.05) is 17.9 Å². The molecule has 7 heteroatoms. The molecule has 3 atom stereocenters. The van der Waals surface area contributed by atoms with Gasteiger partial charge in [0.15, 0.2) is 6.10 Å². The normalized spacial score (nSPS) is 32.1. The van der Waals surface area contributed by atoms with Crippen molar-refractivity contribution >= 4 is 16.0 Å². The molecule has 3 aliphatic rings. The van der Waals surface area contributed by atoms with Gasteiger partial charge in [-0.15, -0.1) is 0 Å². The lowest BCUT2D eigenvalue weighted by molar-refractivity contribution is -0.175. The van der Waals surface area contributed by atoms with Gasteiger partial charge in [-0.05, 0) is 18.9 Å². The molecule has 116 valence electrons. The Morgan fingerprint density at radius 1 is 1.38 bits per heavy atom. The molecule has 2 aliphatic heterocycles. The largest absolute Gasteiger partial charge is 0.387 e. The standard InChI is InChI=1S/C14H19NO5S/c1-8-10(20-21(3,17)18)5-4-9-6-7-15-12(11(8)9)13(19-2)14(15)16/h4,11-13H,5-7H2,1-3H3/t11-,12-,13+/m0/s1. The minimum absolute atomic E-state index is 0.00639. The van der Waals surface area contributed by atoms with Crippen LogP contribution in [0.2, 0.25) is 0 Å². The fourth-order valence-electron chi connectivity index (χ4n) is 3.62. The van der Waals surface area contributed by atoms with E-state index in [9.17, 15) is 13.2 Å². The number of piperidine rings is 1. The third-order valence-corrected chi connectivity index (χ3v) is 5.04. The molecule has 0 unspecified atom stereocenters. The van der Waals surface area contributed by atoms with Crippen LogP contribution in [0.15, 0.2) is 23.0 Å². The number of allylic oxidation sites excluding steroid dienone is 1. The summed E-state index contributed by atoms with van der Waals surface area (Å²) in [6.07, 6.45) is 3.96. The first kappa shape index (κ1) is 14.6. The number of hydrogen-bond acceptors (Lipinski definition) is 5. The number of hydrogen-bond donors (Lipinski definition) is 0. The first-order valence-electron chi connectivity index (χ1n) is 6.95. The van der Waals surface area contributed by atoms with Crippen LogP contribution in [0.4, 0.5) is 0 Å². The first-order valence-corrected chi connectivity index (χ1v) is 8.76. The highest BCUT2D eigenvalue weighted by Crippen LogP contribution is 2.45. The minimum atomic E-state index is -3.54. The number of rotatable bonds is 3. The van der Waals surface area contributed by atoms with Crippen LogP contribution in [0.25, 0.3) is 0 Å². The second-order valence-corrected chi connectivity index (χ2v) is 7.36. The van der Waals surface area contributed by atoms with Gasteiger partial charge in [-0.25, -0.2) is 0 Å². The number of carbonyl (C=O) groups is 1. The first-order chi connectivity index (χ1) is 9.83. The molecule has 6 nitrogen and oxygen atoms in total. The van der Waals surface area contributed by atoms with Gasteiger partial charge in [0.2, 0.25) is 0 Å². The van der Waals surface area contributed by atoms with Crippen LogP contribution in [-0.4, -0.2) is 51.3 Å². The van der Waals surface area contributed by atoms with Crippen LogP contribution >= 0.6 is 0 Å².